The monoisotopic (exact) mass is 604 g/mol. The SMILES string of the molecule is CC(C[N+](C)(C)C)N(C(=O)c1ccc(Cl)cc1Cl)c1cc(-c2ccccc2)sc1C(=O)O.O=C([O-])C(F)(F)F. The van der Waals surface area contributed by atoms with Crippen LogP contribution in [0.5, 0.6) is 0 Å². The Morgan fingerprint density at radius 1 is 1.05 bits per heavy atom. The Kier molecular flexibility index (Phi) is 10.6. The van der Waals surface area contributed by atoms with Gasteiger partial charge in [-0.25, -0.2) is 4.79 Å². The van der Waals surface area contributed by atoms with Crippen LogP contribution in [0.3, 0.4) is 0 Å². The molecule has 3 rings (SSSR count). The van der Waals surface area contributed by atoms with Crippen molar-refractivity contribution >= 4 is 58.1 Å². The summed E-state index contributed by atoms with van der Waals surface area (Å²) in [7, 11) is 6.07. The lowest BCUT2D eigenvalue weighted by Crippen LogP contribution is -2.50. The van der Waals surface area contributed by atoms with Crippen molar-refractivity contribution in [3.05, 3.63) is 75.1 Å². The van der Waals surface area contributed by atoms with Crippen LogP contribution < -0.4 is 10.0 Å². The number of hydrogen-bond acceptors (Lipinski definition) is 5. The van der Waals surface area contributed by atoms with Crippen molar-refractivity contribution in [3.63, 3.8) is 0 Å². The lowest BCUT2D eigenvalue weighted by atomic mass is 10.1. The average molecular weight is 605 g/mol. The molecule has 1 atom stereocenters. The van der Waals surface area contributed by atoms with Gasteiger partial charge in [-0.2, -0.15) is 13.2 Å². The first-order valence-electron chi connectivity index (χ1n) is 11.2. The van der Waals surface area contributed by atoms with Crippen LogP contribution in [-0.4, -0.2) is 67.3 Å². The molecule has 7 nitrogen and oxygen atoms in total. The highest BCUT2D eigenvalue weighted by Gasteiger charge is 2.33. The van der Waals surface area contributed by atoms with E-state index in [1.807, 2.05) is 58.4 Å². The molecule has 13 heteroatoms. The first kappa shape index (κ1) is 32.1. The number of benzene rings is 2. The number of carbonyl (C=O) groups is 3. The van der Waals surface area contributed by atoms with Gasteiger partial charge in [0.2, 0.25) is 0 Å². The number of carbonyl (C=O) groups excluding carboxylic acids is 2. The highest BCUT2D eigenvalue weighted by Crippen LogP contribution is 2.39. The molecule has 0 saturated heterocycles. The smallest absolute Gasteiger partial charge is 0.430 e. The Hall–Kier alpha value is -3.12. The number of carboxylic acids is 2. The van der Waals surface area contributed by atoms with E-state index >= 15 is 0 Å². The van der Waals surface area contributed by atoms with Crippen molar-refractivity contribution in [1.29, 1.82) is 0 Å². The van der Waals surface area contributed by atoms with Gasteiger partial charge in [0, 0.05) is 9.90 Å². The summed E-state index contributed by atoms with van der Waals surface area (Å²) >= 11 is 13.5. The molecule has 1 amide bonds. The Labute approximate surface area is 237 Å². The zero-order chi connectivity index (χ0) is 29.7. The summed E-state index contributed by atoms with van der Waals surface area (Å²) in [5, 5.41) is 19.4. The molecule has 39 heavy (non-hydrogen) atoms. The molecule has 0 saturated carbocycles. The van der Waals surface area contributed by atoms with Crippen LogP contribution in [0.25, 0.3) is 10.4 Å². The summed E-state index contributed by atoms with van der Waals surface area (Å²) < 4.78 is 32.1. The van der Waals surface area contributed by atoms with Gasteiger partial charge in [0.15, 0.2) is 0 Å². The van der Waals surface area contributed by atoms with Crippen LogP contribution in [0.4, 0.5) is 18.9 Å². The fraction of sp³-hybridized carbons (Fsp3) is 0.269. The molecular formula is C26H25Cl2F3N2O5S. The fourth-order valence-corrected chi connectivity index (χ4v) is 5.16. The number of aliphatic carboxylic acids is 1. The average Bonchev–Trinajstić information content (AvgIpc) is 3.23. The number of halogens is 5. The largest absolute Gasteiger partial charge is 0.542 e. The Bertz CT molecular complexity index is 1340. The molecule has 0 bridgehead atoms. The van der Waals surface area contributed by atoms with Gasteiger partial charge in [0.05, 0.1) is 50.0 Å². The van der Waals surface area contributed by atoms with E-state index in [4.69, 9.17) is 33.1 Å². The Balaban J connectivity index is 0.000000673. The molecule has 1 N–H and O–H groups in total. The van der Waals surface area contributed by atoms with Crippen molar-refractivity contribution in [2.45, 2.75) is 19.1 Å². The summed E-state index contributed by atoms with van der Waals surface area (Å²) in [4.78, 5) is 37.1. The molecule has 0 radical (unpaired) electrons. The molecule has 2 aromatic carbocycles. The van der Waals surface area contributed by atoms with Crippen molar-refractivity contribution < 1.29 is 42.3 Å². The van der Waals surface area contributed by atoms with Gasteiger partial charge in [-0.1, -0.05) is 53.5 Å². The molecular weight excluding hydrogens is 580 g/mol. The molecule has 0 aliphatic rings. The summed E-state index contributed by atoms with van der Waals surface area (Å²) in [6, 6.07) is 15.7. The van der Waals surface area contributed by atoms with Crippen LogP contribution in [-0.2, 0) is 4.79 Å². The van der Waals surface area contributed by atoms with Crippen LogP contribution in [0.1, 0.15) is 27.0 Å². The maximum Gasteiger partial charge on any atom is 0.430 e. The van der Waals surface area contributed by atoms with Crippen molar-refractivity contribution in [2.24, 2.45) is 0 Å². The maximum atomic E-state index is 13.7. The van der Waals surface area contributed by atoms with Gasteiger partial charge in [-0.05, 0) is 36.8 Å². The topological polar surface area (TPSA) is 97.7 Å². The number of quaternary nitrogens is 1. The molecule has 0 fully saturated rings. The predicted molar refractivity (Wildman–Crippen MR) is 143 cm³/mol. The number of thiophene rings is 1. The van der Waals surface area contributed by atoms with Gasteiger partial charge in [0.1, 0.15) is 10.8 Å². The molecule has 3 aromatic rings. The van der Waals surface area contributed by atoms with Gasteiger partial charge < -0.3 is 19.5 Å². The number of likely N-dealkylation sites (N-methyl/N-ethyl adjacent to an activating group) is 1. The third kappa shape index (κ3) is 8.96. The third-order valence-electron chi connectivity index (χ3n) is 5.09. The second-order valence-electron chi connectivity index (χ2n) is 9.40. The van der Waals surface area contributed by atoms with E-state index in [2.05, 4.69) is 0 Å². The van der Waals surface area contributed by atoms with Crippen LogP contribution in [0.15, 0.2) is 54.6 Å². The lowest BCUT2D eigenvalue weighted by molar-refractivity contribution is -0.870. The number of aromatic carboxylic acids is 1. The zero-order valence-corrected chi connectivity index (χ0v) is 23.6. The minimum absolute atomic E-state index is 0.107. The van der Waals surface area contributed by atoms with Gasteiger partial charge >= 0.3 is 12.1 Å². The predicted octanol–water partition coefficient (Wildman–Crippen LogP) is 5.46. The van der Waals surface area contributed by atoms with E-state index in [1.165, 1.54) is 6.07 Å². The molecule has 0 spiro atoms. The quantitative estimate of drug-likeness (QED) is 0.361. The number of amides is 1. The highest BCUT2D eigenvalue weighted by molar-refractivity contribution is 7.18. The highest BCUT2D eigenvalue weighted by atomic mass is 35.5. The first-order valence-corrected chi connectivity index (χ1v) is 12.8. The number of nitrogens with zero attached hydrogens (tertiary/aromatic N) is 2. The molecule has 1 unspecified atom stereocenters. The van der Waals surface area contributed by atoms with E-state index in [1.54, 1.807) is 23.1 Å². The van der Waals surface area contributed by atoms with Gasteiger partial charge in [0.25, 0.3) is 5.91 Å². The van der Waals surface area contributed by atoms with Crippen molar-refractivity contribution in [1.82, 2.24) is 0 Å². The second kappa shape index (κ2) is 12.8. The molecule has 0 aliphatic heterocycles. The normalized spacial score (nSPS) is 12.2. The molecule has 1 aromatic heterocycles. The molecule has 1 heterocycles. The standard InChI is InChI=1S/C24H24Cl2N2O3S.C2HF3O2/c1-15(14-28(2,3)4)27(23(29)18-11-10-17(25)12-19(18)26)20-13-21(32-22(20)24(30)31)16-8-6-5-7-9-16;3-2(4,5)1(6)7/h5-13,15H,14H2,1-4H3;(H,6,7). The number of rotatable bonds is 7. The van der Waals surface area contributed by atoms with Crippen LogP contribution in [0, 0.1) is 0 Å². The van der Waals surface area contributed by atoms with E-state index in [9.17, 15) is 27.9 Å². The molecule has 0 aliphatic carbocycles. The number of carboxylic acid groups (broad SMARTS) is 2. The zero-order valence-electron chi connectivity index (χ0n) is 21.3. The van der Waals surface area contributed by atoms with E-state index in [0.29, 0.717) is 21.7 Å². The van der Waals surface area contributed by atoms with Gasteiger partial charge in [-0.3, -0.25) is 9.69 Å². The summed E-state index contributed by atoms with van der Waals surface area (Å²) in [6.45, 7) is 2.52. The van der Waals surface area contributed by atoms with E-state index < -0.39 is 18.1 Å². The second-order valence-corrected chi connectivity index (χ2v) is 11.3. The third-order valence-corrected chi connectivity index (χ3v) is 6.80. The Morgan fingerprint density at radius 2 is 1.62 bits per heavy atom. The summed E-state index contributed by atoms with van der Waals surface area (Å²) in [5.74, 6) is -4.45. The van der Waals surface area contributed by atoms with Gasteiger partial charge in [-0.15, -0.1) is 11.3 Å². The fourth-order valence-electron chi connectivity index (χ4n) is 3.67. The summed E-state index contributed by atoms with van der Waals surface area (Å²) in [5.41, 5.74) is 1.52. The number of anilines is 1. The number of hydrogen-bond donors (Lipinski definition) is 1. The maximum absolute atomic E-state index is 13.7. The molecule has 210 valence electrons. The van der Waals surface area contributed by atoms with E-state index in [-0.39, 0.29) is 27.4 Å². The van der Waals surface area contributed by atoms with Crippen LogP contribution in [0.2, 0.25) is 10.0 Å². The summed E-state index contributed by atoms with van der Waals surface area (Å²) in [6.07, 6.45) is -5.19. The lowest BCUT2D eigenvalue weighted by Gasteiger charge is -2.34. The van der Waals surface area contributed by atoms with Crippen LogP contribution >= 0.6 is 34.5 Å². The first-order chi connectivity index (χ1) is 17.9. The minimum Gasteiger partial charge on any atom is -0.542 e. The van der Waals surface area contributed by atoms with E-state index in [0.717, 1.165) is 21.8 Å². The van der Waals surface area contributed by atoms with Crippen molar-refractivity contribution in [3.8, 4) is 10.4 Å². The Morgan fingerprint density at radius 3 is 2.08 bits per heavy atom. The number of alkyl halides is 3. The van der Waals surface area contributed by atoms with Crippen molar-refractivity contribution in [2.75, 3.05) is 32.6 Å². The minimum atomic E-state index is -5.19.